The highest BCUT2D eigenvalue weighted by Gasteiger charge is 2.40. The maximum atomic E-state index is 12.2. The summed E-state index contributed by atoms with van der Waals surface area (Å²) < 4.78 is 31.2. The Balaban J connectivity index is 4.50. The van der Waals surface area contributed by atoms with Gasteiger partial charge in [-0.25, -0.2) is 0 Å². The van der Waals surface area contributed by atoms with Crippen LogP contribution >= 0.6 is 0 Å². The molecule has 0 aromatic carbocycles. The molecule has 0 aromatic heterocycles. The van der Waals surface area contributed by atoms with Crippen LogP contribution in [0.4, 0.5) is 4.39 Å². The van der Waals surface area contributed by atoms with E-state index in [0.29, 0.717) is 19.8 Å². The van der Waals surface area contributed by atoms with Crippen LogP contribution in [0.25, 0.3) is 0 Å². The minimum atomic E-state index is -0.601. The molecule has 3 nitrogen and oxygen atoms in total. The molecule has 0 fully saturated rings. The molecule has 0 aliphatic rings. The molecule has 194 valence electrons. The first kappa shape index (κ1) is 32.0. The number of hydrogen-bond donors (Lipinski definition) is 0. The highest BCUT2D eigenvalue weighted by Crippen LogP contribution is 2.27. The molecule has 0 N–H and O–H groups in total. The molecule has 1 unspecified atom stereocenters. The van der Waals surface area contributed by atoms with Crippen molar-refractivity contribution >= 4 is 9.52 Å². The summed E-state index contributed by atoms with van der Waals surface area (Å²) in [4.78, 5) is 0. The first-order chi connectivity index (χ1) is 15.7. The van der Waals surface area contributed by atoms with Gasteiger partial charge < -0.3 is 14.2 Å². The highest BCUT2D eigenvalue weighted by molar-refractivity contribution is 6.39. The van der Waals surface area contributed by atoms with Crippen molar-refractivity contribution in [3.05, 3.63) is 0 Å². The van der Waals surface area contributed by atoms with Crippen molar-refractivity contribution in [1.82, 2.24) is 0 Å². The molecule has 0 amide bonds. The molecule has 0 heterocycles. The van der Waals surface area contributed by atoms with Gasteiger partial charge in [0.05, 0.1) is 16.2 Å². The summed E-state index contributed by atoms with van der Waals surface area (Å²) in [6, 6.07) is 1.23. The largest absolute Gasteiger partial charge is 0.373 e. The molecule has 0 saturated carbocycles. The third kappa shape index (κ3) is 16.6. The highest BCUT2D eigenvalue weighted by atomic mass is 28.2. The van der Waals surface area contributed by atoms with Crippen molar-refractivity contribution in [2.24, 2.45) is 0 Å². The van der Waals surface area contributed by atoms with Crippen LogP contribution < -0.4 is 0 Å². The van der Waals surface area contributed by atoms with Crippen molar-refractivity contribution in [3.8, 4) is 0 Å². The van der Waals surface area contributed by atoms with Gasteiger partial charge in [-0.3, -0.25) is 4.39 Å². The fraction of sp³-hybridized carbons (Fsp3) is 1.00. The van der Waals surface area contributed by atoms with Gasteiger partial charge in [0.2, 0.25) is 0 Å². The minimum absolute atomic E-state index is 0.0631. The van der Waals surface area contributed by atoms with Gasteiger partial charge in [0, 0.05) is 19.8 Å². The second kappa shape index (κ2) is 24.2. The normalized spacial score (nSPS) is 13.4. The summed E-state index contributed by atoms with van der Waals surface area (Å²) in [5, 5.41) is 0. The van der Waals surface area contributed by atoms with Gasteiger partial charge in [-0.05, 0) is 33.6 Å². The van der Waals surface area contributed by atoms with E-state index in [9.17, 15) is 4.39 Å². The second-order valence-electron chi connectivity index (χ2n) is 9.15. The summed E-state index contributed by atoms with van der Waals surface area (Å²) >= 11 is 0. The quantitative estimate of drug-likeness (QED) is 0.0720. The molecule has 0 spiro atoms. The van der Waals surface area contributed by atoms with Gasteiger partial charge in [0.25, 0.3) is 0 Å². The summed E-state index contributed by atoms with van der Waals surface area (Å²) in [5.41, 5.74) is -0.478. The lowest BCUT2D eigenvalue weighted by atomic mass is 10.0. The Morgan fingerprint density at radius 3 is 1.62 bits per heavy atom. The Morgan fingerprint density at radius 2 is 1.12 bits per heavy atom. The van der Waals surface area contributed by atoms with Gasteiger partial charge in [-0.1, -0.05) is 103 Å². The van der Waals surface area contributed by atoms with E-state index in [1.165, 1.54) is 83.1 Å². The van der Waals surface area contributed by atoms with E-state index in [4.69, 9.17) is 14.2 Å². The Bertz CT molecular complexity index is 365. The number of unbranched alkanes of at least 4 members (excludes halogenated alkanes) is 13. The van der Waals surface area contributed by atoms with Crippen LogP contribution in [0.2, 0.25) is 6.04 Å². The molecular weight excluding hydrogens is 419 g/mol. The maximum Gasteiger partial charge on any atom is 0.170 e. The monoisotopic (exact) mass is 476 g/mol. The Kier molecular flexibility index (Phi) is 24.2. The van der Waals surface area contributed by atoms with Gasteiger partial charge >= 0.3 is 0 Å². The maximum absolute atomic E-state index is 12.2. The Hall–Kier alpha value is 0.0269. The lowest BCUT2D eigenvalue weighted by Gasteiger charge is -2.40. The summed E-state index contributed by atoms with van der Waals surface area (Å²) in [5.74, 6) is 0. The molecule has 32 heavy (non-hydrogen) atoms. The number of ether oxygens (including phenoxy) is 3. The van der Waals surface area contributed by atoms with E-state index in [1.54, 1.807) is 0 Å². The van der Waals surface area contributed by atoms with Gasteiger partial charge in [-0.2, -0.15) is 0 Å². The second-order valence-corrected chi connectivity index (χ2v) is 11.3. The molecular formula is C27H57FO3Si. The standard InChI is InChI=1S/C27H57FO3Si/c1-5-9-10-11-12-13-14-17-20-23-26(29-6-2)27(30-7-3,31-8-4)32-25-22-19-16-15-18-21-24-28/h26H,5-25,32H2,1-4H3. The van der Waals surface area contributed by atoms with E-state index in [2.05, 4.69) is 27.7 Å². The van der Waals surface area contributed by atoms with Crippen LogP contribution in [-0.2, 0) is 14.2 Å². The average molecular weight is 477 g/mol. The average Bonchev–Trinajstić information content (AvgIpc) is 2.79. The fourth-order valence-electron chi connectivity index (χ4n) is 4.64. The van der Waals surface area contributed by atoms with Crippen LogP contribution in [-0.4, -0.2) is 47.5 Å². The molecule has 0 radical (unpaired) electrons. The van der Waals surface area contributed by atoms with E-state index < -0.39 is 14.9 Å². The van der Waals surface area contributed by atoms with Crippen molar-refractivity contribution in [2.45, 2.75) is 148 Å². The molecule has 0 saturated heterocycles. The number of hydrogen-bond acceptors (Lipinski definition) is 3. The van der Waals surface area contributed by atoms with Crippen LogP contribution in [0.15, 0.2) is 0 Å². The van der Waals surface area contributed by atoms with Crippen LogP contribution in [0.5, 0.6) is 0 Å². The topological polar surface area (TPSA) is 27.7 Å². The zero-order valence-corrected chi connectivity index (χ0v) is 23.7. The smallest absolute Gasteiger partial charge is 0.170 e. The number of alkyl halides is 1. The third-order valence-electron chi connectivity index (χ3n) is 6.36. The van der Waals surface area contributed by atoms with Crippen molar-refractivity contribution in [1.29, 1.82) is 0 Å². The lowest BCUT2D eigenvalue weighted by Crippen LogP contribution is -2.53. The van der Waals surface area contributed by atoms with Crippen LogP contribution in [0.3, 0.4) is 0 Å². The predicted molar refractivity (Wildman–Crippen MR) is 140 cm³/mol. The molecule has 0 bridgehead atoms. The van der Waals surface area contributed by atoms with E-state index in [-0.39, 0.29) is 12.8 Å². The Labute approximate surface area is 202 Å². The number of halogens is 1. The first-order valence-electron chi connectivity index (χ1n) is 14.2. The minimum Gasteiger partial charge on any atom is -0.373 e. The third-order valence-corrected chi connectivity index (χ3v) is 8.78. The van der Waals surface area contributed by atoms with Gasteiger partial charge in [-0.15, -0.1) is 0 Å². The summed E-state index contributed by atoms with van der Waals surface area (Å²) in [7, 11) is -0.601. The Morgan fingerprint density at radius 1 is 0.625 bits per heavy atom. The predicted octanol–water partition coefficient (Wildman–Crippen LogP) is 7.94. The molecule has 1 atom stereocenters. The van der Waals surface area contributed by atoms with Crippen molar-refractivity contribution < 1.29 is 18.6 Å². The summed E-state index contributed by atoms with van der Waals surface area (Å²) in [6.45, 7) is 10.4. The van der Waals surface area contributed by atoms with Gasteiger partial charge in [0.1, 0.15) is 6.10 Å². The zero-order valence-electron chi connectivity index (χ0n) is 22.2. The van der Waals surface area contributed by atoms with E-state index >= 15 is 0 Å². The summed E-state index contributed by atoms with van der Waals surface area (Å²) in [6.07, 6.45) is 19.8. The van der Waals surface area contributed by atoms with Crippen molar-refractivity contribution in [3.63, 3.8) is 0 Å². The number of rotatable bonds is 26. The van der Waals surface area contributed by atoms with Crippen molar-refractivity contribution in [2.75, 3.05) is 26.5 Å². The first-order valence-corrected chi connectivity index (χ1v) is 15.9. The van der Waals surface area contributed by atoms with E-state index in [0.717, 1.165) is 25.7 Å². The fourth-order valence-corrected chi connectivity index (χ4v) is 7.08. The van der Waals surface area contributed by atoms with Crippen LogP contribution in [0, 0.1) is 0 Å². The van der Waals surface area contributed by atoms with Crippen LogP contribution in [0.1, 0.15) is 130 Å². The lowest BCUT2D eigenvalue weighted by molar-refractivity contribution is -0.239. The zero-order chi connectivity index (χ0) is 23.8. The van der Waals surface area contributed by atoms with Gasteiger partial charge in [0.15, 0.2) is 5.41 Å². The molecule has 5 heteroatoms. The molecule has 0 rings (SSSR count). The molecule has 0 aliphatic carbocycles. The SMILES string of the molecule is CCCCCCCCCCCC(OCC)C(OCC)(OCC)[SiH2]CCCCCCCCF. The molecule has 0 aromatic rings. The molecule has 0 aliphatic heterocycles. The van der Waals surface area contributed by atoms with E-state index in [1.807, 2.05) is 0 Å².